The molecule has 1 amide bonds. The minimum atomic E-state index is -0.153. The maximum absolute atomic E-state index is 12.3. The van der Waals surface area contributed by atoms with Gasteiger partial charge in [0.15, 0.2) is 0 Å². The van der Waals surface area contributed by atoms with Gasteiger partial charge in [-0.05, 0) is 49.8 Å². The molecule has 2 N–H and O–H groups in total. The number of carbonyl (C=O) groups is 1. The van der Waals surface area contributed by atoms with Crippen molar-refractivity contribution in [1.82, 2.24) is 5.43 Å². The molecule has 1 aliphatic heterocycles. The molecule has 160 valence electrons. The van der Waals surface area contributed by atoms with Gasteiger partial charge in [-0.3, -0.25) is 4.79 Å². The van der Waals surface area contributed by atoms with Crippen LogP contribution in [-0.4, -0.2) is 24.7 Å². The molecule has 0 bridgehead atoms. The number of hydrazone groups is 1. The van der Waals surface area contributed by atoms with Crippen molar-refractivity contribution in [2.75, 3.05) is 13.1 Å². The summed E-state index contributed by atoms with van der Waals surface area (Å²) in [5.74, 6) is 0.651. The van der Waals surface area contributed by atoms with Gasteiger partial charge < -0.3 is 4.90 Å². The van der Waals surface area contributed by atoms with Gasteiger partial charge in [-0.25, -0.2) is 5.43 Å². The molecular weight excluding hydrogens is 370 g/mol. The summed E-state index contributed by atoms with van der Waals surface area (Å²) in [5, 5.41) is 4.24. The third kappa shape index (κ3) is 6.53. The fourth-order valence-corrected chi connectivity index (χ4v) is 3.84. The van der Waals surface area contributed by atoms with Crippen LogP contribution >= 0.6 is 0 Å². The molecule has 1 saturated heterocycles. The van der Waals surface area contributed by atoms with E-state index in [0.29, 0.717) is 5.56 Å². The third-order valence-electron chi connectivity index (χ3n) is 6.26. The lowest BCUT2D eigenvalue weighted by atomic mass is 9.90. The van der Waals surface area contributed by atoms with Crippen molar-refractivity contribution in [2.45, 2.75) is 53.5 Å². The van der Waals surface area contributed by atoms with Crippen LogP contribution in [0.25, 0.3) is 0 Å². The van der Waals surface area contributed by atoms with Gasteiger partial charge in [-0.15, -0.1) is 0 Å². The minimum absolute atomic E-state index is 0.0472. The number of quaternary nitrogens is 1. The second-order valence-electron chi connectivity index (χ2n) is 9.64. The summed E-state index contributed by atoms with van der Waals surface area (Å²) in [6.45, 7) is 11.7. The fourth-order valence-electron chi connectivity index (χ4n) is 3.84. The first-order chi connectivity index (χ1) is 14.3. The van der Waals surface area contributed by atoms with Gasteiger partial charge in [0, 0.05) is 22.3 Å². The van der Waals surface area contributed by atoms with Crippen molar-refractivity contribution < 1.29 is 9.69 Å². The topological polar surface area (TPSA) is 45.9 Å². The molecule has 0 atom stereocenters. The Kier molecular flexibility index (Phi) is 7.43. The number of nitrogens with one attached hydrogen (secondary N) is 2. The summed E-state index contributed by atoms with van der Waals surface area (Å²) >= 11 is 0. The molecule has 0 saturated carbocycles. The Hall–Kier alpha value is -2.46. The summed E-state index contributed by atoms with van der Waals surface area (Å²) < 4.78 is 0. The molecule has 4 heteroatoms. The standard InChI is InChI=1S/C26H35N3O/c1-20(26(2,3)4)27-28-25(30)24-12-10-23(11-13-24)19-29-16-14-22(15-17-29)18-21-8-6-5-7-9-21/h5-13,22H,14-19H2,1-4H3,(H,28,30)/p+1/b27-20-. The van der Waals surface area contributed by atoms with Gasteiger partial charge in [0.05, 0.1) is 13.1 Å². The number of hydrogen-bond acceptors (Lipinski definition) is 2. The predicted octanol–water partition coefficient (Wildman–Crippen LogP) is 3.88. The van der Waals surface area contributed by atoms with Gasteiger partial charge in [0.2, 0.25) is 0 Å². The van der Waals surface area contributed by atoms with E-state index in [9.17, 15) is 4.79 Å². The zero-order valence-corrected chi connectivity index (χ0v) is 18.9. The number of benzene rings is 2. The number of carbonyl (C=O) groups excluding carboxylic acids is 1. The predicted molar refractivity (Wildman–Crippen MR) is 124 cm³/mol. The maximum Gasteiger partial charge on any atom is 0.271 e. The van der Waals surface area contributed by atoms with Crippen molar-refractivity contribution in [3.8, 4) is 0 Å². The van der Waals surface area contributed by atoms with Crippen molar-refractivity contribution >= 4 is 11.6 Å². The van der Waals surface area contributed by atoms with Crippen molar-refractivity contribution in [3.05, 3.63) is 71.3 Å². The molecule has 0 aromatic heterocycles. The summed E-state index contributed by atoms with van der Waals surface area (Å²) in [6.07, 6.45) is 3.78. The normalized spacial score (nSPS) is 20.1. The molecular formula is C26H36N3O+. The van der Waals surface area contributed by atoms with Crippen LogP contribution in [0, 0.1) is 11.3 Å². The van der Waals surface area contributed by atoms with Gasteiger partial charge in [0.25, 0.3) is 5.91 Å². The van der Waals surface area contributed by atoms with Crippen LogP contribution in [0.4, 0.5) is 0 Å². The highest BCUT2D eigenvalue weighted by Crippen LogP contribution is 2.17. The quantitative estimate of drug-likeness (QED) is 0.555. The second-order valence-corrected chi connectivity index (χ2v) is 9.64. The van der Waals surface area contributed by atoms with Crippen LogP contribution in [0.15, 0.2) is 59.7 Å². The largest absolute Gasteiger partial charge is 0.331 e. The van der Waals surface area contributed by atoms with E-state index in [2.05, 4.69) is 73.8 Å². The maximum atomic E-state index is 12.3. The van der Waals surface area contributed by atoms with Gasteiger partial charge >= 0.3 is 0 Å². The van der Waals surface area contributed by atoms with E-state index < -0.39 is 0 Å². The lowest BCUT2D eigenvalue weighted by Crippen LogP contribution is -3.11. The Morgan fingerprint density at radius 2 is 1.63 bits per heavy atom. The second kappa shape index (κ2) is 10.0. The first-order valence-corrected chi connectivity index (χ1v) is 11.1. The molecule has 1 aliphatic rings. The van der Waals surface area contributed by atoms with E-state index in [0.717, 1.165) is 18.2 Å². The molecule has 1 fully saturated rings. The van der Waals surface area contributed by atoms with E-state index >= 15 is 0 Å². The molecule has 0 spiro atoms. The number of rotatable bonds is 6. The fraction of sp³-hybridized carbons (Fsp3) is 0.462. The van der Waals surface area contributed by atoms with E-state index in [1.807, 2.05) is 19.1 Å². The molecule has 2 aromatic carbocycles. The molecule has 30 heavy (non-hydrogen) atoms. The van der Waals surface area contributed by atoms with Gasteiger partial charge in [-0.1, -0.05) is 63.2 Å². The third-order valence-corrected chi connectivity index (χ3v) is 6.26. The van der Waals surface area contributed by atoms with Crippen molar-refractivity contribution in [2.24, 2.45) is 16.4 Å². The minimum Gasteiger partial charge on any atom is -0.331 e. The Morgan fingerprint density at radius 3 is 2.23 bits per heavy atom. The number of amides is 1. The average Bonchev–Trinajstić information content (AvgIpc) is 2.74. The first kappa shape index (κ1) is 22.2. The molecule has 4 nitrogen and oxygen atoms in total. The summed E-state index contributed by atoms with van der Waals surface area (Å²) in [6, 6.07) is 18.8. The Labute approximate surface area is 181 Å². The monoisotopic (exact) mass is 406 g/mol. The van der Waals surface area contributed by atoms with E-state index in [-0.39, 0.29) is 11.3 Å². The van der Waals surface area contributed by atoms with Gasteiger partial charge in [0.1, 0.15) is 6.54 Å². The first-order valence-electron chi connectivity index (χ1n) is 11.1. The van der Waals surface area contributed by atoms with Crippen LogP contribution in [0.3, 0.4) is 0 Å². The summed E-state index contributed by atoms with van der Waals surface area (Å²) in [7, 11) is 0. The van der Waals surface area contributed by atoms with Crippen molar-refractivity contribution in [1.29, 1.82) is 0 Å². The van der Waals surface area contributed by atoms with Crippen LogP contribution in [0.1, 0.15) is 62.0 Å². The highest BCUT2D eigenvalue weighted by atomic mass is 16.2. The smallest absolute Gasteiger partial charge is 0.271 e. The molecule has 3 rings (SSSR count). The van der Waals surface area contributed by atoms with Gasteiger partial charge in [-0.2, -0.15) is 5.10 Å². The van der Waals surface area contributed by atoms with Crippen LogP contribution in [0.2, 0.25) is 0 Å². The molecule has 0 aliphatic carbocycles. The highest BCUT2D eigenvalue weighted by Gasteiger charge is 2.22. The number of nitrogens with zero attached hydrogens (tertiary/aromatic N) is 1. The Balaban J connectivity index is 1.46. The zero-order valence-electron chi connectivity index (χ0n) is 18.9. The highest BCUT2D eigenvalue weighted by molar-refractivity contribution is 5.95. The van der Waals surface area contributed by atoms with E-state index in [1.165, 1.54) is 43.5 Å². The SMILES string of the molecule is C/C(=N/NC(=O)c1ccc(C[NH+]2CCC(Cc3ccccc3)CC2)cc1)C(C)(C)C. The molecule has 1 heterocycles. The number of likely N-dealkylation sites (tertiary alicyclic amines) is 1. The van der Waals surface area contributed by atoms with Crippen LogP contribution < -0.4 is 10.3 Å². The Morgan fingerprint density at radius 1 is 1.00 bits per heavy atom. The number of hydrogen-bond donors (Lipinski definition) is 2. The van der Waals surface area contributed by atoms with E-state index in [1.54, 1.807) is 4.90 Å². The molecule has 0 radical (unpaired) electrons. The average molecular weight is 407 g/mol. The van der Waals surface area contributed by atoms with Crippen molar-refractivity contribution in [3.63, 3.8) is 0 Å². The van der Waals surface area contributed by atoms with Crippen LogP contribution in [-0.2, 0) is 13.0 Å². The van der Waals surface area contributed by atoms with E-state index in [4.69, 9.17) is 0 Å². The zero-order chi connectivity index (χ0) is 21.6. The summed E-state index contributed by atoms with van der Waals surface area (Å²) in [5.41, 5.74) is 6.94. The molecule has 2 aromatic rings. The number of piperidine rings is 1. The lowest BCUT2D eigenvalue weighted by Gasteiger charge is -2.29. The van der Waals surface area contributed by atoms with Crippen LogP contribution in [0.5, 0.6) is 0 Å². The lowest BCUT2D eigenvalue weighted by molar-refractivity contribution is -0.919. The Bertz CT molecular complexity index is 842. The summed E-state index contributed by atoms with van der Waals surface area (Å²) in [4.78, 5) is 14.0. The molecule has 0 unspecified atom stereocenters.